The maximum absolute atomic E-state index is 2.35. The van der Waals surface area contributed by atoms with Crippen LogP contribution in [0.1, 0.15) is 64.2 Å². The summed E-state index contributed by atoms with van der Waals surface area (Å²) in [5.41, 5.74) is 0. The molecule has 2 saturated carbocycles. The first-order valence-corrected chi connectivity index (χ1v) is 8.05. The van der Waals surface area contributed by atoms with E-state index in [1.54, 1.807) is 25.7 Å². The molecular weight excluding hydrogens is 200 g/mol. The van der Waals surface area contributed by atoms with E-state index in [0.717, 1.165) is 22.3 Å². The molecule has 0 nitrogen and oxygen atoms in total. The third-order valence-corrected chi connectivity index (χ3v) is 6.46. The highest BCUT2D eigenvalue weighted by Gasteiger charge is 2.47. The first-order chi connectivity index (χ1) is 7.45. The van der Waals surface area contributed by atoms with Crippen LogP contribution in [-0.4, -0.2) is 10.5 Å². The van der Waals surface area contributed by atoms with Gasteiger partial charge in [-0.3, -0.25) is 0 Å². The molecule has 0 radical (unpaired) electrons. The van der Waals surface area contributed by atoms with E-state index in [-0.39, 0.29) is 0 Å². The van der Waals surface area contributed by atoms with E-state index in [1.165, 1.54) is 38.5 Å². The van der Waals surface area contributed by atoms with Gasteiger partial charge in [0.25, 0.3) is 0 Å². The van der Waals surface area contributed by atoms with Gasteiger partial charge in [0, 0.05) is 10.5 Å². The Labute approximate surface area is 98.6 Å². The van der Waals surface area contributed by atoms with Gasteiger partial charge in [-0.05, 0) is 37.5 Å². The van der Waals surface area contributed by atoms with Crippen molar-refractivity contribution < 1.29 is 0 Å². The fourth-order valence-corrected chi connectivity index (χ4v) is 5.53. The predicted octanol–water partition coefficient (Wildman–Crippen LogP) is 4.63. The molecule has 0 spiro atoms. The molecule has 0 aromatic heterocycles. The van der Waals surface area contributed by atoms with Gasteiger partial charge in [0.2, 0.25) is 0 Å². The predicted molar refractivity (Wildman–Crippen MR) is 68.3 cm³/mol. The largest absolute Gasteiger partial charge is 0.152 e. The van der Waals surface area contributed by atoms with Crippen molar-refractivity contribution in [1.82, 2.24) is 0 Å². The van der Waals surface area contributed by atoms with Crippen molar-refractivity contribution in [2.75, 3.05) is 0 Å². The van der Waals surface area contributed by atoms with Crippen LogP contribution in [0.3, 0.4) is 0 Å². The molecule has 0 aromatic carbocycles. The number of hydrogen-bond donors (Lipinski definition) is 0. The van der Waals surface area contributed by atoms with Gasteiger partial charge in [-0.2, -0.15) is 11.8 Å². The Morgan fingerprint density at radius 2 is 0.933 bits per heavy atom. The molecule has 2 atom stereocenters. The summed E-state index contributed by atoms with van der Waals surface area (Å²) in [6.45, 7) is 0. The summed E-state index contributed by atoms with van der Waals surface area (Å²) >= 11 is 2.35. The topological polar surface area (TPSA) is 0 Å². The standard InChI is InChI=1S/C14H24S/c1-3-7-11(8-4-1)13-14(15-13)12-9-5-2-6-10-12/h11-14H,1-10H2/t13-,14-/m1/s1. The molecule has 0 N–H and O–H groups in total. The average molecular weight is 224 g/mol. The fourth-order valence-electron chi connectivity index (χ4n) is 3.82. The molecule has 3 aliphatic rings. The lowest BCUT2D eigenvalue weighted by atomic mass is 9.80. The molecule has 0 unspecified atom stereocenters. The van der Waals surface area contributed by atoms with Gasteiger partial charge in [-0.15, -0.1) is 0 Å². The van der Waals surface area contributed by atoms with Crippen LogP contribution in [0.15, 0.2) is 0 Å². The molecule has 0 amide bonds. The molecule has 1 heteroatoms. The van der Waals surface area contributed by atoms with Crippen molar-refractivity contribution in [2.24, 2.45) is 11.8 Å². The van der Waals surface area contributed by atoms with Gasteiger partial charge in [0.1, 0.15) is 0 Å². The second-order valence-electron chi connectivity index (χ2n) is 5.86. The molecule has 3 rings (SSSR count). The highest BCUT2D eigenvalue weighted by atomic mass is 32.2. The summed E-state index contributed by atoms with van der Waals surface area (Å²) in [4.78, 5) is 0. The van der Waals surface area contributed by atoms with Crippen molar-refractivity contribution in [2.45, 2.75) is 74.7 Å². The summed E-state index contributed by atoms with van der Waals surface area (Å²) in [6, 6.07) is 0. The zero-order valence-corrected chi connectivity index (χ0v) is 10.6. The molecular formula is C14H24S. The Morgan fingerprint density at radius 3 is 1.33 bits per heavy atom. The zero-order chi connectivity index (χ0) is 10.1. The lowest BCUT2D eigenvalue weighted by Gasteiger charge is -2.24. The monoisotopic (exact) mass is 224 g/mol. The van der Waals surface area contributed by atoms with E-state index in [0.29, 0.717) is 0 Å². The average Bonchev–Trinajstić information content (AvgIpc) is 3.11. The summed E-state index contributed by atoms with van der Waals surface area (Å²) < 4.78 is 0. The second-order valence-corrected chi connectivity index (χ2v) is 7.22. The Balaban J connectivity index is 1.49. The second kappa shape index (κ2) is 4.69. The van der Waals surface area contributed by atoms with Crippen LogP contribution < -0.4 is 0 Å². The van der Waals surface area contributed by atoms with Crippen LogP contribution in [0.2, 0.25) is 0 Å². The Morgan fingerprint density at radius 1 is 0.533 bits per heavy atom. The summed E-state index contributed by atoms with van der Waals surface area (Å²) in [5.74, 6) is 2.24. The van der Waals surface area contributed by atoms with Crippen molar-refractivity contribution in [1.29, 1.82) is 0 Å². The van der Waals surface area contributed by atoms with E-state index in [4.69, 9.17) is 0 Å². The minimum absolute atomic E-state index is 1.10. The Kier molecular flexibility index (Phi) is 3.28. The molecule has 1 saturated heterocycles. The van der Waals surface area contributed by atoms with E-state index < -0.39 is 0 Å². The molecule has 1 aliphatic heterocycles. The normalized spacial score (nSPS) is 39.2. The van der Waals surface area contributed by atoms with Crippen LogP contribution in [0, 0.1) is 11.8 Å². The van der Waals surface area contributed by atoms with Gasteiger partial charge in [-0.1, -0.05) is 38.5 Å². The Hall–Kier alpha value is 0.350. The lowest BCUT2D eigenvalue weighted by molar-refractivity contribution is 0.312. The minimum atomic E-state index is 1.10. The van der Waals surface area contributed by atoms with Gasteiger partial charge in [0.05, 0.1) is 0 Å². The molecule has 15 heavy (non-hydrogen) atoms. The number of hydrogen-bond acceptors (Lipinski definition) is 1. The molecule has 0 aromatic rings. The first-order valence-electron chi connectivity index (χ1n) is 7.10. The third kappa shape index (κ3) is 2.38. The van der Waals surface area contributed by atoms with Crippen molar-refractivity contribution in [3.63, 3.8) is 0 Å². The summed E-state index contributed by atoms with van der Waals surface area (Å²) in [6.07, 6.45) is 15.4. The maximum Gasteiger partial charge on any atom is 0.0200 e. The number of rotatable bonds is 2. The quantitative estimate of drug-likeness (QED) is 0.616. The van der Waals surface area contributed by atoms with Gasteiger partial charge >= 0.3 is 0 Å². The van der Waals surface area contributed by atoms with Gasteiger partial charge in [0.15, 0.2) is 0 Å². The van der Waals surface area contributed by atoms with Crippen molar-refractivity contribution in [3.05, 3.63) is 0 Å². The van der Waals surface area contributed by atoms with Crippen molar-refractivity contribution in [3.8, 4) is 0 Å². The zero-order valence-electron chi connectivity index (χ0n) is 9.79. The SMILES string of the molecule is C1CCC([C@H]2S[C@@H]2C2CCCCC2)CC1. The summed E-state index contributed by atoms with van der Waals surface area (Å²) in [5, 5.41) is 2.21. The smallest absolute Gasteiger partial charge is 0.0200 e. The molecule has 0 bridgehead atoms. The van der Waals surface area contributed by atoms with Crippen LogP contribution in [0.25, 0.3) is 0 Å². The van der Waals surface area contributed by atoms with Crippen LogP contribution >= 0.6 is 11.8 Å². The summed E-state index contributed by atoms with van der Waals surface area (Å²) in [7, 11) is 0. The highest BCUT2D eigenvalue weighted by molar-refractivity contribution is 8.07. The third-order valence-electron chi connectivity index (χ3n) is 4.79. The lowest BCUT2D eigenvalue weighted by Crippen LogP contribution is -2.20. The molecule has 2 aliphatic carbocycles. The van der Waals surface area contributed by atoms with E-state index >= 15 is 0 Å². The van der Waals surface area contributed by atoms with E-state index in [2.05, 4.69) is 11.8 Å². The van der Waals surface area contributed by atoms with Crippen LogP contribution in [0.4, 0.5) is 0 Å². The molecule has 3 fully saturated rings. The number of thioether (sulfide) groups is 1. The van der Waals surface area contributed by atoms with E-state index in [1.807, 2.05) is 0 Å². The molecule has 86 valence electrons. The van der Waals surface area contributed by atoms with Crippen LogP contribution in [0.5, 0.6) is 0 Å². The van der Waals surface area contributed by atoms with Gasteiger partial charge < -0.3 is 0 Å². The van der Waals surface area contributed by atoms with Crippen LogP contribution in [-0.2, 0) is 0 Å². The first kappa shape index (κ1) is 10.5. The molecule has 1 heterocycles. The van der Waals surface area contributed by atoms with E-state index in [9.17, 15) is 0 Å². The highest BCUT2D eigenvalue weighted by Crippen LogP contribution is 2.56. The Bertz CT molecular complexity index is 179. The maximum atomic E-state index is 2.35. The fraction of sp³-hybridized carbons (Fsp3) is 1.00. The van der Waals surface area contributed by atoms with Crippen molar-refractivity contribution >= 4 is 11.8 Å². The van der Waals surface area contributed by atoms with Gasteiger partial charge in [-0.25, -0.2) is 0 Å². The minimum Gasteiger partial charge on any atom is -0.152 e.